The van der Waals surface area contributed by atoms with Gasteiger partial charge in [0.15, 0.2) is 0 Å². The molecule has 0 N–H and O–H groups in total. The molecule has 2 nitrogen and oxygen atoms in total. The number of ether oxygens (including phenoxy) is 1. The highest BCUT2D eigenvalue weighted by Crippen LogP contribution is 2.28. The number of allylic oxidation sites excluding steroid dienone is 1. The maximum atomic E-state index is 10.4. The van der Waals surface area contributed by atoms with E-state index in [9.17, 15) is 4.79 Å². The number of methoxy groups -OCH3 is 1. The van der Waals surface area contributed by atoms with Crippen LogP contribution in [0.4, 0.5) is 0 Å². The van der Waals surface area contributed by atoms with E-state index in [1.807, 2.05) is 36.4 Å². The van der Waals surface area contributed by atoms with E-state index in [0.29, 0.717) is 0 Å². The highest BCUT2D eigenvalue weighted by molar-refractivity contribution is 5.94. The van der Waals surface area contributed by atoms with Crippen molar-refractivity contribution in [3.8, 4) is 5.75 Å². The Labute approximate surface area is 94.2 Å². The Morgan fingerprint density at radius 1 is 1.12 bits per heavy atom. The summed E-state index contributed by atoms with van der Waals surface area (Å²) in [5.41, 5.74) is 0.938. The Morgan fingerprint density at radius 3 is 2.69 bits per heavy atom. The molecule has 2 aromatic carbocycles. The number of fused-ring (bicyclic) bond motifs is 1. The van der Waals surface area contributed by atoms with Crippen LogP contribution in [0.1, 0.15) is 5.56 Å². The lowest BCUT2D eigenvalue weighted by atomic mass is 10.0. The summed E-state index contributed by atoms with van der Waals surface area (Å²) in [4.78, 5) is 10.4. The minimum atomic E-state index is 0.765. The van der Waals surface area contributed by atoms with Crippen LogP contribution in [0, 0.1) is 0 Å². The third-order valence-electron chi connectivity index (χ3n) is 2.49. The van der Waals surface area contributed by atoms with Crippen LogP contribution in [-0.2, 0) is 4.79 Å². The molecule has 0 aliphatic carbocycles. The van der Waals surface area contributed by atoms with Gasteiger partial charge in [0.1, 0.15) is 12.0 Å². The number of hydrogen-bond donors (Lipinski definition) is 0. The second-order valence-electron chi connectivity index (χ2n) is 3.40. The first kappa shape index (κ1) is 10.4. The Balaban J connectivity index is 2.72. The van der Waals surface area contributed by atoms with Crippen molar-refractivity contribution in [1.29, 1.82) is 0 Å². The zero-order valence-corrected chi connectivity index (χ0v) is 9.01. The number of aldehydes is 1. The average molecular weight is 212 g/mol. The van der Waals surface area contributed by atoms with Gasteiger partial charge in [-0.25, -0.2) is 0 Å². The van der Waals surface area contributed by atoms with Gasteiger partial charge in [0.25, 0.3) is 0 Å². The van der Waals surface area contributed by atoms with Crippen LogP contribution in [0.2, 0.25) is 0 Å². The molecule has 0 aliphatic heterocycles. The first-order valence-electron chi connectivity index (χ1n) is 5.04. The first-order chi connectivity index (χ1) is 7.86. The molecular formula is C14H12O2. The lowest BCUT2D eigenvalue weighted by Gasteiger charge is -2.08. The standard InChI is InChI=1S/C14H12O2/c1-16-14-9-8-11-5-2-3-6-12(11)13(14)7-4-10-15/h2-10H,1H3. The number of rotatable bonds is 3. The predicted octanol–water partition coefficient (Wildman–Crippen LogP) is 3.06. The Morgan fingerprint density at radius 2 is 1.94 bits per heavy atom. The summed E-state index contributed by atoms with van der Waals surface area (Å²) < 4.78 is 5.28. The van der Waals surface area contributed by atoms with E-state index in [4.69, 9.17) is 4.74 Å². The lowest BCUT2D eigenvalue weighted by Crippen LogP contribution is -1.88. The minimum absolute atomic E-state index is 0.765. The molecule has 0 amide bonds. The van der Waals surface area contributed by atoms with Crippen LogP contribution in [-0.4, -0.2) is 13.4 Å². The van der Waals surface area contributed by atoms with Crippen LogP contribution in [0.25, 0.3) is 16.8 Å². The summed E-state index contributed by atoms with van der Waals surface area (Å²) in [6.07, 6.45) is 4.01. The molecule has 80 valence electrons. The van der Waals surface area contributed by atoms with Crippen molar-refractivity contribution in [2.75, 3.05) is 7.11 Å². The number of carbonyl (C=O) groups excluding carboxylic acids is 1. The van der Waals surface area contributed by atoms with Gasteiger partial charge in [-0.2, -0.15) is 0 Å². The first-order valence-corrected chi connectivity index (χ1v) is 5.04. The van der Waals surface area contributed by atoms with Gasteiger partial charge in [-0.15, -0.1) is 0 Å². The Kier molecular flexibility index (Phi) is 3.01. The zero-order chi connectivity index (χ0) is 11.4. The maximum Gasteiger partial charge on any atom is 0.142 e. The fraction of sp³-hybridized carbons (Fsp3) is 0.0714. The molecule has 0 aromatic heterocycles. The zero-order valence-electron chi connectivity index (χ0n) is 9.01. The third kappa shape index (κ3) is 1.82. The highest BCUT2D eigenvalue weighted by atomic mass is 16.5. The van der Waals surface area contributed by atoms with Gasteiger partial charge in [-0.1, -0.05) is 30.3 Å². The van der Waals surface area contributed by atoms with Gasteiger partial charge < -0.3 is 4.74 Å². The lowest BCUT2D eigenvalue weighted by molar-refractivity contribution is -0.104. The second-order valence-corrected chi connectivity index (χ2v) is 3.40. The molecule has 16 heavy (non-hydrogen) atoms. The quantitative estimate of drug-likeness (QED) is 0.577. The number of benzene rings is 2. The molecular weight excluding hydrogens is 200 g/mol. The number of carbonyl (C=O) groups is 1. The largest absolute Gasteiger partial charge is 0.496 e. The molecule has 2 aromatic rings. The summed E-state index contributed by atoms with van der Waals surface area (Å²) in [5, 5.41) is 2.22. The summed E-state index contributed by atoms with van der Waals surface area (Å²) in [5.74, 6) is 0.775. The van der Waals surface area contributed by atoms with Crippen LogP contribution in [0.15, 0.2) is 42.5 Å². The fourth-order valence-corrected chi connectivity index (χ4v) is 1.76. The summed E-state index contributed by atoms with van der Waals surface area (Å²) in [6, 6.07) is 11.9. The van der Waals surface area contributed by atoms with Crippen molar-refractivity contribution >= 4 is 23.1 Å². The van der Waals surface area contributed by atoms with E-state index < -0.39 is 0 Å². The molecule has 0 bridgehead atoms. The molecule has 0 heterocycles. The van der Waals surface area contributed by atoms with Gasteiger partial charge in [-0.05, 0) is 29.0 Å². The topological polar surface area (TPSA) is 26.3 Å². The van der Waals surface area contributed by atoms with Gasteiger partial charge in [0.2, 0.25) is 0 Å². The Bertz CT molecular complexity index is 541. The van der Waals surface area contributed by atoms with E-state index in [2.05, 4.69) is 0 Å². The van der Waals surface area contributed by atoms with Crippen molar-refractivity contribution < 1.29 is 9.53 Å². The summed E-state index contributed by atoms with van der Waals surface area (Å²) >= 11 is 0. The van der Waals surface area contributed by atoms with E-state index >= 15 is 0 Å². The second kappa shape index (κ2) is 4.62. The van der Waals surface area contributed by atoms with Crippen molar-refractivity contribution in [3.05, 3.63) is 48.0 Å². The summed E-state index contributed by atoms with van der Waals surface area (Å²) in [6.45, 7) is 0. The van der Waals surface area contributed by atoms with E-state index in [-0.39, 0.29) is 0 Å². The normalized spacial score (nSPS) is 10.8. The average Bonchev–Trinajstić information content (AvgIpc) is 2.35. The molecule has 0 radical (unpaired) electrons. The molecule has 0 spiro atoms. The minimum Gasteiger partial charge on any atom is -0.496 e. The molecule has 0 saturated heterocycles. The van der Waals surface area contributed by atoms with Crippen LogP contribution < -0.4 is 4.74 Å². The van der Waals surface area contributed by atoms with Crippen molar-refractivity contribution in [3.63, 3.8) is 0 Å². The molecule has 2 heteroatoms. The highest BCUT2D eigenvalue weighted by Gasteiger charge is 2.04. The molecule has 0 fully saturated rings. The molecule has 0 aliphatic rings. The smallest absolute Gasteiger partial charge is 0.142 e. The van der Waals surface area contributed by atoms with E-state index in [0.717, 1.165) is 28.4 Å². The molecule has 0 unspecified atom stereocenters. The van der Waals surface area contributed by atoms with Gasteiger partial charge in [0, 0.05) is 5.56 Å². The van der Waals surface area contributed by atoms with Gasteiger partial charge in [-0.3, -0.25) is 4.79 Å². The molecule has 2 rings (SSSR count). The fourth-order valence-electron chi connectivity index (χ4n) is 1.76. The predicted molar refractivity (Wildman–Crippen MR) is 65.6 cm³/mol. The van der Waals surface area contributed by atoms with Crippen molar-refractivity contribution in [1.82, 2.24) is 0 Å². The van der Waals surface area contributed by atoms with E-state index in [1.54, 1.807) is 13.2 Å². The van der Waals surface area contributed by atoms with Crippen molar-refractivity contribution in [2.24, 2.45) is 0 Å². The third-order valence-corrected chi connectivity index (χ3v) is 2.49. The SMILES string of the molecule is COc1ccc2ccccc2c1C=CC=O. The monoisotopic (exact) mass is 212 g/mol. The van der Waals surface area contributed by atoms with Crippen LogP contribution in [0.3, 0.4) is 0 Å². The van der Waals surface area contributed by atoms with Crippen molar-refractivity contribution in [2.45, 2.75) is 0 Å². The van der Waals surface area contributed by atoms with Gasteiger partial charge >= 0.3 is 0 Å². The van der Waals surface area contributed by atoms with E-state index in [1.165, 1.54) is 6.08 Å². The van der Waals surface area contributed by atoms with Gasteiger partial charge in [0.05, 0.1) is 7.11 Å². The summed E-state index contributed by atoms with van der Waals surface area (Å²) in [7, 11) is 1.63. The van der Waals surface area contributed by atoms with Crippen LogP contribution in [0.5, 0.6) is 5.75 Å². The maximum absolute atomic E-state index is 10.4. The number of hydrogen-bond acceptors (Lipinski definition) is 2. The molecule has 0 atom stereocenters. The Hall–Kier alpha value is -2.09. The molecule has 0 saturated carbocycles. The van der Waals surface area contributed by atoms with Crippen LogP contribution >= 0.6 is 0 Å².